The quantitative estimate of drug-likeness (QED) is 0.280. The Morgan fingerprint density at radius 1 is 1.11 bits per heavy atom. The average molecular weight is 525 g/mol. The van der Waals surface area contributed by atoms with Crippen LogP contribution in [0.3, 0.4) is 0 Å². The maximum atomic E-state index is 14.2. The Morgan fingerprint density at radius 3 is 2.46 bits per heavy atom. The van der Waals surface area contributed by atoms with Gasteiger partial charge in [0.25, 0.3) is 0 Å². The molecule has 1 aromatic carbocycles. The summed E-state index contributed by atoms with van der Waals surface area (Å²) in [5.74, 6) is -4.05. The molecule has 0 bridgehead atoms. The van der Waals surface area contributed by atoms with Gasteiger partial charge in [-0.1, -0.05) is 30.2 Å². The van der Waals surface area contributed by atoms with E-state index in [1.807, 2.05) is 13.8 Å². The Labute approximate surface area is 210 Å². The highest BCUT2D eigenvalue weighted by atomic mass is 19.4. The summed E-state index contributed by atoms with van der Waals surface area (Å²) in [4.78, 5) is 23.8. The van der Waals surface area contributed by atoms with E-state index >= 15 is 0 Å². The summed E-state index contributed by atoms with van der Waals surface area (Å²) in [7, 11) is 0. The van der Waals surface area contributed by atoms with Gasteiger partial charge in [-0.05, 0) is 43.4 Å². The molecule has 37 heavy (non-hydrogen) atoms. The predicted octanol–water partition coefficient (Wildman–Crippen LogP) is 6.36. The molecule has 200 valence electrons. The SMILES string of the molecule is Cc1ccc(NC(=O)C[C@H](CCC(=O)O)c2noc(-c3cc(CCC(C)C)on3)c2C(F)(F)F)c(F)c1. The Morgan fingerprint density at radius 2 is 1.84 bits per heavy atom. The molecule has 2 aromatic heterocycles. The van der Waals surface area contributed by atoms with Gasteiger partial charge in [0.15, 0.2) is 5.69 Å². The normalized spacial score (nSPS) is 12.6. The van der Waals surface area contributed by atoms with Crippen LogP contribution in [-0.4, -0.2) is 27.3 Å². The number of halogens is 4. The molecule has 12 heteroatoms. The minimum atomic E-state index is -4.96. The van der Waals surface area contributed by atoms with E-state index in [1.165, 1.54) is 18.2 Å². The van der Waals surface area contributed by atoms with E-state index in [9.17, 15) is 27.2 Å². The van der Waals surface area contributed by atoms with Crippen molar-refractivity contribution in [1.82, 2.24) is 10.3 Å². The average Bonchev–Trinajstić information content (AvgIpc) is 3.44. The van der Waals surface area contributed by atoms with E-state index in [0.717, 1.165) is 6.42 Å². The van der Waals surface area contributed by atoms with Crippen LogP contribution < -0.4 is 5.32 Å². The number of carbonyl (C=O) groups is 2. The summed E-state index contributed by atoms with van der Waals surface area (Å²) in [5, 5.41) is 18.7. The molecule has 2 heterocycles. The van der Waals surface area contributed by atoms with E-state index in [2.05, 4.69) is 15.6 Å². The van der Waals surface area contributed by atoms with Crippen LogP contribution in [0.15, 0.2) is 33.3 Å². The summed E-state index contributed by atoms with van der Waals surface area (Å²) in [5.41, 5.74) is -1.65. The van der Waals surface area contributed by atoms with Crippen LogP contribution in [0.1, 0.15) is 68.0 Å². The molecule has 0 saturated heterocycles. The lowest BCUT2D eigenvalue weighted by Crippen LogP contribution is -2.20. The van der Waals surface area contributed by atoms with Gasteiger partial charge in [-0.2, -0.15) is 13.2 Å². The first-order chi connectivity index (χ1) is 17.3. The lowest BCUT2D eigenvalue weighted by molar-refractivity contribution is -0.138. The first-order valence-corrected chi connectivity index (χ1v) is 11.7. The molecule has 0 radical (unpaired) electrons. The van der Waals surface area contributed by atoms with Crippen molar-refractivity contribution in [2.75, 3.05) is 5.32 Å². The lowest BCUT2D eigenvalue weighted by atomic mass is 9.91. The fourth-order valence-electron chi connectivity index (χ4n) is 3.78. The van der Waals surface area contributed by atoms with Gasteiger partial charge in [-0.25, -0.2) is 4.39 Å². The number of carbonyl (C=O) groups excluding carboxylic acids is 1. The van der Waals surface area contributed by atoms with Crippen LogP contribution in [0, 0.1) is 18.7 Å². The van der Waals surface area contributed by atoms with Crippen molar-refractivity contribution in [3.05, 3.63) is 52.7 Å². The molecule has 0 fully saturated rings. The Balaban J connectivity index is 1.93. The smallest absolute Gasteiger partial charge is 0.422 e. The number of anilines is 1. The zero-order valence-electron chi connectivity index (χ0n) is 20.5. The van der Waals surface area contributed by atoms with Crippen LogP contribution >= 0.6 is 0 Å². The molecular weight excluding hydrogens is 498 g/mol. The Bertz CT molecular complexity index is 1250. The van der Waals surface area contributed by atoms with E-state index < -0.39 is 59.6 Å². The second-order valence-corrected chi connectivity index (χ2v) is 9.25. The zero-order chi connectivity index (χ0) is 27.3. The second-order valence-electron chi connectivity index (χ2n) is 9.25. The van der Waals surface area contributed by atoms with E-state index in [1.54, 1.807) is 13.0 Å². The summed E-state index contributed by atoms with van der Waals surface area (Å²) >= 11 is 0. The highest BCUT2D eigenvalue weighted by Crippen LogP contribution is 2.43. The minimum absolute atomic E-state index is 0.152. The number of carboxylic acid groups (broad SMARTS) is 1. The summed E-state index contributed by atoms with van der Waals surface area (Å²) in [6.07, 6.45) is -5.22. The maximum Gasteiger partial charge on any atom is 0.422 e. The number of carboxylic acids is 1. The number of alkyl halides is 3. The van der Waals surface area contributed by atoms with Crippen LogP contribution in [0.4, 0.5) is 23.2 Å². The van der Waals surface area contributed by atoms with Crippen molar-refractivity contribution in [2.24, 2.45) is 5.92 Å². The Kier molecular flexibility index (Phi) is 8.72. The van der Waals surface area contributed by atoms with E-state index in [0.29, 0.717) is 23.7 Å². The number of aliphatic carboxylic acids is 1. The summed E-state index contributed by atoms with van der Waals surface area (Å²) < 4.78 is 66.9. The number of nitrogens with one attached hydrogen (secondary N) is 1. The predicted molar refractivity (Wildman–Crippen MR) is 124 cm³/mol. The molecule has 3 rings (SSSR count). The summed E-state index contributed by atoms with van der Waals surface area (Å²) in [6.45, 7) is 5.63. The van der Waals surface area contributed by atoms with Gasteiger partial charge >= 0.3 is 12.1 Å². The van der Waals surface area contributed by atoms with E-state index in [-0.39, 0.29) is 17.8 Å². The third-order valence-corrected chi connectivity index (χ3v) is 5.69. The van der Waals surface area contributed by atoms with Gasteiger partial charge in [0.1, 0.15) is 22.8 Å². The van der Waals surface area contributed by atoms with Gasteiger partial charge < -0.3 is 19.5 Å². The largest absolute Gasteiger partial charge is 0.481 e. The van der Waals surface area contributed by atoms with E-state index in [4.69, 9.17) is 14.2 Å². The lowest BCUT2D eigenvalue weighted by Gasteiger charge is -2.16. The molecule has 2 N–H and O–H groups in total. The maximum absolute atomic E-state index is 14.2. The first kappa shape index (κ1) is 27.9. The number of hydrogen-bond donors (Lipinski definition) is 2. The molecule has 0 spiro atoms. The molecular formula is C25H27F4N3O5. The highest BCUT2D eigenvalue weighted by Gasteiger charge is 2.43. The second kappa shape index (κ2) is 11.6. The van der Waals surface area contributed by atoms with Gasteiger partial charge in [0, 0.05) is 31.2 Å². The number of hydrogen-bond acceptors (Lipinski definition) is 6. The number of amides is 1. The van der Waals surface area contributed by atoms with Gasteiger partial charge in [-0.15, -0.1) is 0 Å². The number of rotatable bonds is 11. The molecule has 0 aliphatic carbocycles. The first-order valence-electron chi connectivity index (χ1n) is 11.7. The van der Waals surface area contributed by atoms with Crippen molar-refractivity contribution in [3.63, 3.8) is 0 Å². The zero-order valence-corrected chi connectivity index (χ0v) is 20.5. The van der Waals surface area contributed by atoms with Crippen LogP contribution in [0.2, 0.25) is 0 Å². The molecule has 0 saturated carbocycles. The fraction of sp³-hybridized carbons (Fsp3) is 0.440. The standard InChI is InChI=1S/C25H27F4N3O5/c1-13(2)4-7-16-12-19(31-36-16)24-22(25(27,28)29)23(32-37-24)15(6-9-21(34)35)11-20(33)30-18-8-5-14(3)10-17(18)26/h5,8,10,12-13,15H,4,6-7,9,11H2,1-3H3,(H,30,33)(H,34,35)/t15-/m0/s1. The highest BCUT2D eigenvalue weighted by molar-refractivity contribution is 5.91. The van der Waals surface area contributed by atoms with Crippen LogP contribution in [0.5, 0.6) is 0 Å². The molecule has 3 aromatic rings. The van der Waals surface area contributed by atoms with Crippen molar-refractivity contribution in [1.29, 1.82) is 0 Å². The minimum Gasteiger partial charge on any atom is -0.481 e. The molecule has 0 unspecified atom stereocenters. The Hall–Kier alpha value is -3.70. The topological polar surface area (TPSA) is 118 Å². The molecule has 0 aliphatic heterocycles. The number of aryl methyl sites for hydroxylation is 2. The van der Waals surface area contributed by atoms with Crippen molar-refractivity contribution in [2.45, 2.75) is 65.0 Å². The van der Waals surface area contributed by atoms with Crippen molar-refractivity contribution < 1.29 is 41.3 Å². The number of nitrogens with zero attached hydrogens (tertiary/aromatic N) is 2. The summed E-state index contributed by atoms with van der Waals surface area (Å²) in [6, 6.07) is 5.41. The third-order valence-electron chi connectivity index (χ3n) is 5.69. The van der Waals surface area contributed by atoms with Crippen LogP contribution in [-0.2, 0) is 22.2 Å². The number of benzene rings is 1. The number of aromatic nitrogens is 2. The molecule has 0 aliphatic rings. The van der Waals surface area contributed by atoms with Gasteiger partial charge in [-0.3, -0.25) is 9.59 Å². The monoisotopic (exact) mass is 525 g/mol. The molecule has 1 atom stereocenters. The molecule has 1 amide bonds. The molecule has 8 nitrogen and oxygen atoms in total. The van der Waals surface area contributed by atoms with Gasteiger partial charge in [0.05, 0.1) is 5.69 Å². The third kappa shape index (κ3) is 7.40. The fourth-order valence-corrected chi connectivity index (χ4v) is 3.78. The van der Waals surface area contributed by atoms with Crippen molar-refractivity contribution in [3.8, 4) is 11.5 Å². The van der Waals surface area contributed by atoms with Crippen molar-refractivity contribution >= 4 is 17.6 Å². The van der Waals surface area contributed by atoms with Gasteiger partial charge in [0.2, 0.25) is 11.7 Å². The van der Waals surface area contributed by atoms with Crippen LogP contribution in [0.25, 0.3) is 11.5 Å².